The Morgan fingerprint density at radius 1 is 1.25 bits per heavy atom. The lowest BCUT2D eigenvalue weighted by molar-refractivity contribution is -0.110. The standard InChI is InChI=1S/C14H14ClN3O2/c1-2-20-14-7-12(10(16)6-11(14)17)18-8-3-4-13(19)9(15)5-8/h3-7H,2,16-17H2,1H3. The molecule has 1 aromatic rings. The molecule has 0 aromatic heterocycles. The van der Waals surface area contributed by atoms with E-state index in [1.807, 2.05) is 6.92 Å². The Balaban J connectivity index is 2.41. The van der Waals surface area contributed by atoms with Crippen molar-refractivity contribution in [3.63, 3.8) is 0 Å². The van der Waals surface area contributed by atoms with Gasteiger partial charge in [0.2, 0.25) is 0 Å². The second kappa shape index (κ2) is 5.79. The number of allylic oxidation sites excluding steroid dienone is 4. The van der Waals surface area contributed by atoms with Crippen LogP contribution in [0.3, 0.4) is 0 Å². The van der Waals surface area contributed by atoms with Crippen molar-refractivity contribution in [1.82, 2.24) is 0 Å². The van der Waals surface area contributed by atoms with Gasteiger partial charge in [-0.1, -0.05) is 11.6 Å². The molecule has 0 atom stereocenters. The lowest BCUT2D eigenvalue weighted by atomic mass is 10.1. The molecule has 2 rings (SSSR count). The van der Waals surface area contributed by atoms with Crippen LogP contribution in [-0.4, -0.2) is 18.1 Å². The summed E-state index contributed by atoms with van der Waals surface area (Å²) in [7, 11) is 0. The number of halogens is 1. The van der Waals surface area contributed by atoms with E-state index in [1.165, 1.54) is 12.2 Å². The summed E-state index contributed by atoms with van der Waals surface area (Å²) in [5.74, 6) is 0.276. The molecule has 0 aliphatic heterocycles. The first-order chi connectivity index (χ1) is 9.51. The molecule has 104 valence electrons. The van der Waals surface area contributed by atoms with Crippen molar-refractivity contribution < 1.29 is 9.53 Å². The summed E-state index contributed by atoms with van der Waals surface area (Å²) in [6.45, 7) is 2.35. The molecule has 0 saturated carbocycles. The lowest BCUT2D eigenvalue weighted by Crippen LogP contribution is -2.04. The molecule has 6 heteroatoms. The number of hydrogen-bond acceptors (Lipinski definition) is 5. The number of carbonyl (C=O) groups is 1. The second-order valence-electron chi connectivity index (χ2n) is 4.11. The quantitative estimate of drug-likeness (QED) is 0.661. The minimum atomic E-state index is -0.245. The number of ketones is 1. The monoisotopic (exact) mass is 291 g/mol. The van der Waals surface area contributed by atoms with E-state index < -0.39 is 0 Å². The zero-order valence-electron chi connectivity index (χ0n) is 10.9. The molecule has 4 N–H and O–H groups in total. The van der Waals surface area contributed by atoms with E-state index in [9.17, 15) is 4.79 Å². The zero-order valence-corrected chi connectivity index (χ0v) is 11.6. The summed E-state index contributed by atoms with van der Waals surface area (Å²) < 4.78 is 5.40. The summed E-state index contributed by atoms with van der Waals surface area (Å²) in [5.41, 5.74) is 13.6. The number of nitrogens with two attached hydrogens (primary N) is 2. The molecule has 0 amide bonds. The Bertz CT molecular complexity index is 648. The lowest BCUT2D eigenvalue weighted by Gasteiger charge is -2.10. The molecule has 0 saturated heterocycles. The Hall–Kier alpha value is -2.27. The highest BCUT2D eigenvalue weighted by atomic mass is 35.5. The summed E-state index contributed by atoms with van der Waals surface area (Å²) >= 11 is 5.78. The Kier molecular flexibility index (Phi) is 4.10. The summed E-state index contributed by atoms with van der Waals surface area (Å²) in [5, 5.41) is 0.116. The van der Waals surface area contributed by atoms with Crippen LogP contribution in [0.1, 0.15) is 6.92 Å². The predicted molar refractivity (Wildman–Crippen MR) is 81.6 cm³/mol. The fourth-order valence-corrected chi connectivity index (χ4v) is 1.85. The first-order valence-electron chi connectivity index (χ1n) is 6.01. The normalized spacial score (nSPS) is 16.4. The summed E-state index contributed by atoms with van der Waals surface area (Å²) in [6, 6.07) is 3.25. The van der Waals surface area contributed by atoms with Gasteiger partial charge in [-0.3, -0.25) is 4.79 Å². The van der Waals surface area contributed by atoms with Crippen molar-refractivity contribution in [3.05, 3.63) is 35.4 Å². The van der Waals surface area contributed by atoms with Gasteiger partial charge in [0.1, 0.15) is 5.75 Å². The number of benzene rings is 1. The number of nitrogen functional groups attached to an aromatic ring is 2. The molecule has 0 bridgehead atoms. The summed E-state index contributed by atoms with van der Waals surface area (Å²) in [4.78, 5) is 15.6. The van der Waals surface area contributed by atoms with Crippen LogP contribution in [0, 0.1) is 0 Å². The third-order valence-electron chi connectivity index (χ3n) is 2.62. The molecule has 1 aromatic carbocycles. The Labute approximate surface area is 121 Å². The van der Waals surface area contributed by atoms with Crippen LogP contribution in [0.4, 0.5) is 17.1 Å². The summed E-state index contributed by atoms with van der Waals surface area (Å²) in [6.07, 6.45) is 4.42. The van der Waals surface area contributed by atoms with Gasteiger partial charge < -0.3 is 16.2 Å². The van der Waals surface area contributed by atoms with Crippen LogP contribution < -0.4 is 16.2 Å². The van der Waals surface area contributed by atoms with Gasteiger partial charge in [0.15, 0.2) is 5.78 Å². The highest BCUT2D eigenvalue weighted by Crippen LogP contribution is 2.33. The first-order valence-corrected chi connectivity index (χ1v) is 6.39. The van der Waals surface area contributed by atoms with Gasteiger partial charge in [0.05, 0.1) is 34.4 Å². The molecule has 20 heavy (non-hydrogen) atoms. The number of carbonyl (C=O) groups excluding carboxylic acids is 1. The molecule has 0 fully saturated rings. The second-order valence-corrected chi connectivity index (χ2v) is 4.52. The highest BCUT2D eigenvalue weighted by molar-refractivity contribution is 6.47. The average Bonchev–Trinajstić information content (AvgIpc) is 2.39. The number of rotatable bonds is 3. The Morgan fingerprint density at radius 3 is 2.65 bits per heavy atom. The van der Waals surface area contributed by atoms with Crippen LogP contribution >= 0.6 is 11.6 Å². The topological polar surface area (TPSA) is 90.7 Å². The van der Waals surface area contributed by atoms with Gasteiger partial charge in [-0.05, 0) is 31.2 Å². The van der Waals surface area contributed by atoms with E-state index in [1.54, 1.807) is 18.2 Å². The number of hydrogen-bond donors (Lipinski definition) is 2. The SMILES string of the molecule is CCOc1cc(N=C2C=CC(=O)C(Cl)=C2)c(N)cc1N. The van der Waals surface area contributed by atoms with Gasteiger partial charge in [0.25, 0.3) is 0 Å². The predicted octanol–water partition coefficient (Wildman–Crippen LogP) is 2.58. The molecule has 1 aliphatic rings. The van der Waals surface area contributed by atoms with Gasteiger partial charge >= 0.3 is 0 Å². The van der Waals surface area contributed by atoms with Crippen molar-refractivity contribution in [2.24, 2.45) is 4.99 Å². The van der Waals surface area contributed by atoms with Crippen molar-refractivity contribution >= 4 is 40.2 Å². The molecule has 0 radical (unpaired) electrons. The minimum Gasteiger partial charge on any atom is -0.492 e. The molecule has 5 nitrogen and oxygen atoms in total. The van der Waals surface area contributed by atoms with Crippen LogP contribution in [0.5, 0.6) is 5.75 Å². The minimum absolute atomic E-state index is 0.116. The van der Waals surface area contributed by atoms with E-state index in [-0.39, 0.29) is 10.8 Å². The van der Waals surface area contributed by atoms with Crippen LogP contribution in [0.25, 0.3) is 0 Å². The fourth-order valence-electron chi connectivity index (χ4n) is 1.68. The maximum atomic E-state index is 11.2. The Morgan fingerprint density at radius 2 is 2.00 bits per heavy atom. The van der Waals surface area contributed by atoms with E-state index in [4.69, 9.17) is 27.8 Å². The molecular formula is C14H14ClN3O2. The van der Waals surface area contributed by atoms with Crippen molar-refractivity contribution in [3.8, 4) is 5.75 Å². The van der Waals surface area contributed by atoms with Gasteiger partial charge in [-0.25, -0.2) is 4.99 Å². The largest absolute Gasteiger partial charge is 0.492 e. The van der Waals surface area contributed by atoms with E-state index in [0.29, 0.717) is 35.1 Å². The van der Waals surface area contributed by atoms with E-state index >= 15 is 0 Å². The van der Waals surface area contributed by atoms with Crippen molar-refractivity contribution in [1.29, 1.82) is 0 Å². The van der Waals surface area contributed by atoms with E-state index in [0.717, 1.165) is 0 Å². The highest BCUT2D eigenvalue weighted by Gasteiger charge is 2.11. The number of anilines is 2. The van der Waals surface area contributed by atoms with Crippen LogP contribution in [0.15, 0.2) is 40.4 Å². The first kappa shape index (κ1) is 14.1. The number of ether oxygens (including phenoxy) is 1. The molecule has 0 spiro atoms. The van der Waals surface area contributed by atoms with Crippen LogP contribution in [-0.2, 0) is 4.79 Å². The third-order valence-corrected chi connectivity index (χ3v) is 2.92. The average molecular weight is 292 g/mol. The number of aliphatic imine (C=N–C) groups is 1. The molecular weight excluding hydrogens is 278 g/mol. The van der Waals surface area contributed by atoms with Gasteiger partial charge in [-0.2, -0.15) is 0 Å². The van der Waals surface area contributed by atoms with E-state index in [2.05, 4.69) is 4.99 Å². The van der Waals surface area contributed by atoms with Crippen LogP contribution in [0.2, 0.25) is 0 Å². The molecule has 0 unspecified atom stereocenters. The van der Waals surface area contributed by atoms with Gasteiger partial charge in [0, 0.05) is 6.07 Å². The van der Waals surface area contributed by atoms with Gasteiger partial charge in [-0.15, -0.1) is 0 Å². The number of nitrogens with zero attached hydrogens (tertiary/aromatic N) is 1. The van der Waals surface area contributed by atoms with Crippen molar-refractivity contribution in [2.45, 2.75) is 6.92 Å². The smallest absolute Gasteiger partial charge is 0.197 e. The molecule has 0 heterocycles. The maximum absolute atomic E-state index is 11.2. The fraction of sp³-hybridized carbons (Fsp3) is 0.143. The molecule has 1 aliphatic carbocycles. The maximum Gasteiger partial charge on any atom is 0.197 e. The zero-order chi connectivity index (χ0) is 14.7. The third kappa shape index (κ3) is 3.00. The van der Waals surface area contributed by atoms with Crippen molar-refractivity contribution in [2.75, 3.05) is 18.1 Å².